The minimum atomic E-state index is 0.970. The average molecular weight is 202 g/mol. The first-order chi connectivity index (χ1) is 6.52. The first-order valence-corrected chi connectivity index (χ1v) is 5.31. The van der Waals surface area contributed by atoms with Gasteiger partial charge in [0.15, 0.2) is 0 Å². The van der Waals surface area contributed by atoms with Crippen LogP contribution in [0.2, 0.25) is 0 Å². The van der Waals surface area contributed by atoms with E-state index in [0.717, 1.165) is 19.5 Å². The lowest BCUT2D eigenvalue weighted by molar-refractivity contribution is 0.269. The fourth-order valence-corrected chi connectivity index (χ4v) is 1.36. The molecule has 14 heavy (non-hydrogen) atoms. The molecule has 0 bridgehead atoms. The lowest BCUT2D eigenvalue weighted by Gasteiger charge is -2.19. The van der Waals surface area contributed by atoms with Gasteiger partial charge in [0.05, 0.1) is 0 Å². The summed E-state index contributed by atoms with van der Waals surface area (Å²) >= 11 is 0. The summed E-state index contributed by atoms with van der Waals surface area (Å²) in [5.41, 5.74) is 0. The summed E-state index contributed by atoms with van der Waals surface area (Å²) in [6.45, 7) is 4.45. The first-order valence-electron chi connectivity index (χ1n) is 5.31. The third kappa shape index (κ3) is 9.92. The smallest absolute Gasteiger partial charge is 0.0137 e. The maximum atomic E-state index is 5.53. The zero-order chi connectivity index (χ0) is 11.0. The highest BCUT2D eigenvalue weighted by atomic mass is 15.4. The van der Waals surface area contributed by atoms with E-state index >= 15 is 0 Å². The molecule has 0 saturated carbocycles. The van der Waals surface area contributed by atoms with E-state index in [9.17, 15) is 0 Å². The van der Waals surface area contributed by atoms with Crippen LogP contribution in [0.25, 0.3) is 0 Å². The van der Waals surface area contributed by atoms with Crippen molar-refractivity contribution in [2.75, 3.05) is 54.4 Å². The summed E-state index contributed by atoms with van der Waals surface area (Å²) < 4.78 is 0. The van der Waals surface area contributed by atoms with Crippen molar-refractivity contribution < 1.29 is 0 Å². The molecule has 2 N–H and O–H groups in total. The van der Waals surface area contributed by atoms with Crippen LogP contribution in [0.1, 0.15) is 12.8 Å². The van der Waals surface area contributed by atoms with E-state index in [1.54, 1.807) is 5.01 Å². The molecular weight excluding hydrogens is 176 g/mol. The second kappa shape index (κ2) is 8.17. The monoisotopic (exact) mass is 202 g/mol. The van der Waals surface area contributed by atoms with E-state index in [1.165, 1.54) is 19.5 Å². The zero-order valence-electron chi connectivity index (χ0n) is 10.2. The Morgan fingerprint density at radius 1 is 0.786 bits per heavy atom. The van der Waals surface area contributed by atoms with Gasteiger partial charge < -0.3 is 9.80 Å². The topological polar surface area (TPSA) is 35.7 Å². The highest BCUT2D eigenvalue weighted by Crippen LogP contribution is 1.92. The molecule has 86 valence electrons. The summed E-state index contributed by atoms with van der Waals surface area (Å²) in [5.74, 6) is 5.53. The molecule has 4 nitrogen and oxygen atoms in total. The molecule has 0 aromatic rings. The number of nitrogens with zero attached hydrogens (tertiary/aromatic N) is 3. The molecule has 0 aliphatic carbocycles. The third-order valence-corrected chi connectivity index (χ3v) is 2.20. The lowest BCUT2D eigenvalue weighted by atomic mass is 10.3. The van der Waals surface area contributed by atoms with Crippen LogP contribution >= 0.6 is 0 Å². The van der Waals surface area contributed by atoms with Gasteiger partial charge in [-0.05, 0) is 53.6 Å². The van der Waals surface area contributed by atoms with Gasteiger partial charge in [0.2, 0.25) is 0 Å². The third-order valence-electron chi connectivity index (χ3n) is 2.20. The first kappa shape index (κ1) is 13.8. The average Bonchev–Trinajstić information content (AvgIpc) is 2.02. The minimum Gasteiger partial charge on any atom is -0.309 e. The molecule has 0 rings (SSSR count). The van der Waals surface area contributed by atoms with E-state index in [1.807, 2.05) is 7.05 Å². The Labute approximate surface area is 88.6 Å². The second-order valence-electron chi connectivity index (χ2n) is 4.29. The molecule has 0 aliphatic heterocycles. The maximum absolute atomic E-state index is 5.53. The van der Waals surface area contributed by atoms with Gasteiger partial charge in [0, 0.05) is 13.6 Å². The van der Waals surface area contributed by atoms with Crippen LogP contribution in [0.4, 0.5) is 0 Å². The van der Waals surface area contributed by atoms with Gasteiger partial charge in [-0.2, -0.15) is 0 Å². The van der Waals surface area contributed by atoms with Crippen LogP contribution in [0, 0.1) is 0 Å². The SMILES string of the molecule is CN(C)CCCN(C)CCCN(C)N. The Morgan fingerprint density at radius 2 is 1.29 bits per heavy atom. The summed E-state index contributed by atoms with van der Waals surface area (Å²) in [5, 5.41) is 1.74. The van der Waals surface area contributed by atoms with E-state index in [-0.39, 0.29) is 0 Å². The van der Waals surface area contributed by atoms with Crippen LogP contribution in [-0.2, 0) is 0 Å². The number of hydrogen-bond acceptors (Lipinski definition) is 4. The Bertz CT molecular complexity index is 111. The molecule has 0 unspecified atom stereocenters. The molecule has 0 radical (unpaired) electrons. The van der Waals surface area contributed by atoms with E-state index in [0.29, 0.717) is 0 Å². The quantitative estimate of drug-likeness (QED) is 0.446. The number of hydrogen-bond donors (Lipinski definition) is 1. The van der Waals surface area contributed by atoms with Crippen LogP contribution in [0.15, 0.2) is 0 Å². The zero-order valence-corrected chi connectivity index (χ0v) is 10.2. The van der Waals surface area contributed by atoms with Gasteiger partial charge in [-0.3, -0.25) is 10.9 Å². The fraction of sp³-hybridized carbons (Fsp3) is 1.00. The number of hydrazine groups is 1. The predicted octanol–water partition coefficient (Wildman–Crippen LogP) is 0.0655. The maximum Gasteiger partial charge on any atom is 0.0137 e. The normalized spacial score (nSPS) is 12.0. The van der Waals surface area contributed by atoms with Crippen LogP contribution in [0.5, 0.6) is 0 Å². The molecule has 0 aromatic heterocycles. The largest absolute Gasteiger partial charge is 0.309 e. The number of nitrogens with two attached hydrogens (primary N) is 1. The standard InChI is InChI=1S/C10H26N4/c1-12(2)7-5-8-13(3)9-6-10-14(4)11/h5-11H2,1-4H3. The molecule has 0 aromatic carbocycles. The summed E-state index contributed by atoms with van der Waals surface area (Å²) in [6, 6.07) is 0. The highest BCUT2D eigenvalue weighted by Gasteiger charge is 1.99. The molecular formula is C10H26N4. The number of rotatable bonds is 8. The highest BCUT2D eigenvalue weighted by molar-refractivity contribution is 4.55. The van der Waals surface area contributed by atoms with Crippen LogP contribution in [0.3, 0.4) is 0 Å². The van der Waals surface area contributed by atoms with Crippen molar-refractivity contribution in [1.29, 1.82) is 0 Å². The second-order valence-corrected chi connectivity index (χ2v) is 4.29. The van der Waals surface area contributed by atoms with Gasteiger partial charge in [-0.15, -0.1) is 0 Å². The van der Waals surface area contributed by atoms with Gasteiger partial charge >= 0.3 is 0 Å². The Hall–Kier alpha value is -0.160. The summed E-state index contributed by atoms with van der Waals surface area (Å²) in [4.78, 5) is 4.59. The van der Waals surface area contributed by atoms with Crippen molar-refractivity contribution in [3.05, 3.63) is 0 Å². The van der Waals surface area contributed by atoms with Gasteiger partial charge in [-0.1, -0.05) is 0 Å². The van der Waals surface area contributed by atoms with E-state index in [2.05, 4.69) is 30.9 Å². The van der Waals surface area contributed by atoms with E-state index in [4.69, 9.17) is 5.84 Å². The summed E-state index contributed by atoms with van der Waals surface area (Å²) in [6.07, 6.45) is 2.38. The Kier molecular flexibility index (Phi) is 8.08. The molecule has 0 saturated heterocycles. The molecule has 0 spiro atoms. The molecule has 0 amide bonds. The molecule has 4 heteroatoms. The van der Waals surface area contributed by atoms with Crippen molar-refractivity contribution in [1.82, 2.24) is 14.8 Å². The Morgan fingerprint density at radius 3 is 1.71 bits per heavy atom. The van der Waals surface area contributed by atoms with Crippen molar-refractivity contribution in [2.24, 2.45) is 5.84 Å². The van der Waals surface area contributed by atoms with E-state index < -0.39 is 0 Å². The fourth-order valence-electron chi connectivity index (χ4n) is 1.36. The molecule has 0 atom stereocenters. The molecule has 0 heterocycles. The van der Waals surface area contributed by atoms with Crippen molar-refractivity contribution >= 4 is 0 Å². The van der Waals surface area contributed by atoms with Crippen molar-refractivity contribution in [2.45, 2.75) is 12.8 Å². The van der Waals surface area contributed by atoms with Gasteiger partial charge in [-0.25, -0.2) is 0 Å². The van der Waals surface area contributed by atoms with Gasteiger partial charge in [0.25, 0.3) is 0 Å². The van der Waals surface area contributed by atoms with Crippen molar-refractivity contribution in [3.8, 4) is 0 Å². The van der Waals surface area contributed by atoms with Gasteiger partial charge in [0.1, 0.15) is 0 Å². The predicted molar refractivity (Wildman–Crippen MR) is 62.1 cm³/mol. The molecule has 0 fully saturated rings. The summed E-state index contributed by atoms with van der Waals surface area (Å²) in [7, 11) is 8.31. The van der Waals surface area contributed by atoms with Crippen LogP contribution in [-0.4, -0.2) is 69.2 Å². The van der Waals surface area contributed by atoms with Crippen LogP contribution < -0.4 is 5.84 Å². The minimum absolute atomic E-state index is 0.970. The molecule has 0 aliphatic rings. The Balaban J connectivity index is 3.23. The van der Waals surface area contributed by atoms with Crippen molar-refractivity contribution in [3.63, 3.8) is 0 Å². The lowest BCUT2D eigenvalue weighted by Crippen LogP contribution is -2.31.